The molecule has 11 nitrogen and oxygen atoms in total. The number of hydrogen-bond acceptors (Lipinski definition) is 8. The van der Waals surface area contributed by atoms with Gasteiger partial charge in [-0.2, -0.15) is 0 Å². The molecule has 3 aliphatic heterocycles. The average Bonchev–Trinajstić information content (AvgIpc) is 3.20. The summed E-state index contributed by atoms with van der Waals surface area (Å²) in [7, 11) is 1.56. The lowest BCUT2D eigenvalue weighted by atomic mass is 9.93. The minimum atomic E-state index is -0.882. The van der Waals surface area contributed by atoms with E-state index in [9.17, 15) is 9.59 Å². The largest absolute Gasteiger partial charge is 0.377 e. The quantitative estimate of drug-likeness (QED) is 0.679. The van der Waals surface area contributed by atoms with Gasteiger partial charge >= 0.3 is 6.03 Å². The number of carbonyl (C=O) groups is 2. The fraction of sp³-hybridized carbons (Fsp3) is 0.500. The standard InChI is InChI=1S/C24H30N6O5/c1-23(2)34-13-17(35-23)12-29-18-11-26-19(15-5-7-16(8-6-15)27-22(32)25-4)28-20(18)30-9-10-33-14-24(30,3)21(29)31/h5-8,11,17H,9-10,12-14H2,1-4H3,(H2,25,27,32)/t17-,24?/m0/s1. The van der Waals surface area contributed by atoms with Gasteiger partial charge in [0.05, 0.1) is 32.6 Å². The molecule has 1 unspecified atom stereocenters. The molecule has 0 radical (unpaired) electrons. The van der Waals surface area contributed by atoms with Crippen LogP contribution in [0.2, 0.25) is 0 Å². The summed E-state index contributed by atoms with van der Waals surface area (Å²) in [6.45, 7) is 7.68. The number of fused-ring (bicyclic) bond motifs is 3. The molecule has 0 spiro atoms. The first-order valence-electron chi connectivity index (χ1n) is 11.7. The molecule has 186 valence electrons. The first kappa shape index (κ1) is 23.5. The van der Waals surface area contributed by atoms with Crippen LogP contribution in [0.25, 0.3) is 11.4 Å². The molecule has 2 N–H and O–H groups in total. The number of amides is 3. The number of hydrogen-bond donors (Lipinski definition) is 2. The number of rotatable bonds is 4. The molecule has 5 rings (SSSR count). The third-order valence-electron chi connectivity index (χ3n) is 6.52. The second-order valence-electron chi connectivity index (χ2n) is 9.53. The zero-order chi connectivity index (χ0) is 24.8. The van der Waals surface area contributed by atoms with Gasteiger partial charge in [0.15, 0.2) is 17.4 Å². The number of urea groups is 1. The summed E-state index contributed by atoms with van der Waals surface area (Å²) in [6.07, 6.45) is 1.43. The second-order valence-corrected chi connectivity index (χ2v) is 9.53. The molecule has 11 heteroatoms. The van der Waals surface area contributed by atoms with Gasteiger partial charge in [0.2, 0.25) is 0 Å². The van der Waals surface area contributed by atoms with Crippen LogP contribution in [-0.2, 0) is 19.0 Å². The molecule has 4 heterocycles. The van der Waals surface area contributed by atoms with E-state index >= 15 is 0 Å². The van der Waals surface area contributed by atoms with E-state index in [-0.39, 0.29) is 24.6 Å². The van der Waals surface area contributed by atoms with E-state index in [4.69, 9.17) is 19.2 Å². The lowest BCUT2D eigenvalue weighted by Crippen LogP contribution is -2.68. The van der Waals surface area contributed by atoms with Crippen LogP contribution >= 0.6 is 0 Å². The van der Waals surface area contributed by atoms with Gasteiger partial charge in [-0.15, -0.1) is 0 Å². The first-order valence-corrected chi connectivity index (χ1v) is 11.7. The summed E-state index contributed by atoms with van der Waals surface area (Å²) in [5.41, 5.74) is 1.21. The van der Waals surface area contributed by atoms with Crippen molar-refractivity contribution in [2.75, 3.05) is 55.1 Å². The van der Waals surface area contributed by atoms with Gasteiger partial charge in [-0.3, -0.25) is 4.79 Å². The van der Waals surface area contributed by atoms with Crippen molar-refractivity contribution in [2.24, 2.45) is 0 Å². The van der Waals surface area contributed by atoms with E-state index in [1.165, 1.54) is 0 Å². The Morgan fingerprint density at radius 1 is 1.23 bits per heavy atom. The molecule has 35 heavy (non-hydrogen) atoms. The Bertz CT molecular complexity index is 1140. The first-order chi connectivity index (χ1) is 16.7. The molecule has 3 amide bonds. The number of benzene rings is 1. The monoisotopic (exact) mass is 482 g/mol. The van der Waals surface area contributed by atoms with Crippen LogP contribution in [0.3, 0.4) is 0 Å². The van der Waals surface area contributed by atoms with E-state index in [0.29, 0.717) is 49.3 Å². The maximum Gasteiger partial charge on any atom is 0.318 e. The normalized spacial score (nSPS) is 25.1. The molecular formula is C24H30N6O5. The molecule has 1 aromatic heterocycles. The van der Waals surface area contributed by atoms with Crippen molar-refractivity contribution >= 4 is 29.1 Å². The van der Waals surface area contributed by atoms with Crippen molar-refractivity contribution in [2.45, 2.75) is 38.2 Å². The smallest absolute Gasteiger partial charge is 0.318 e. The highest BCUT2D eigenvalue weighted by molar-refractivity contribution is 6.08. The molecule has 2 atom stereocenters. The van der Waals surface area contributed by atoms with E-state index in [2.05, 4.69) is 15.6 Å². The van der Waals surface area contributed by atoms with Crippen LogP contribution in [0.15, 0.2) is 30.5 Å². The number of carbonyl (C=O) groups excluding carboxylic acids is 2. The summed E-state index contributed by atoms with van der Waals surface area (Å²) < 4.78 is 17.4. The van der Waals surface area contributed by atoms with Crippen molar-refractivity contribution in [1.29, 1.82) is 0 Å². The Hall–Kier alpha value is -3.28. The van der Waals surface area contributed by atoms with Gasteiger partial charge < -0.3 is 34.6 Å². The third-order valence-corrected chi connectivity index (χ3v) is 6.52. The van der Waals surface area contributed by atoms with Crippen LogP contribution in [0, 0.1) is 0 Å². The highest BCUT2D eigenvalue weighted by Gasteiger charge is 2.51. The SMILES string of the molecule is CNC(=O)Nc1ccc(-c2ncc3c(n2)N2CCOCC2(C)C(=O)N3C[C@H]2COC(C)(C)O2)cc1. The molecule has 2 saturated heterocycles. The van der Waals surface area contributed by atoms with Gasteiger partial charge in [-0.1, -0.05) is 0 Å². The van der Waals surface area contributed by atoms with E-state index < -0.39 is 11.3 Å². The van der Waals surface area contributed by atoms with Gasteiger partial charge in [0.1, 0.15) is 17.3 Å². The van der Waals surface area contributed by atoms with Crippen LogP contribution in [-0.4, -0.2) is 79.3 Å². The van der Waals surface area contributed by atoms with Gasteiger partial charge in [0.25, 0.3) is 5.91 Å². The summed E-state index contributed by atoms with van der Waals surface area (Å²) in [4.78, 5) is 38.5. The number of ether oxygens (including phenoxy) is 3. The number of aromatic nitrogens is 2. The van der Waals surface area contributed by atoms with Crippen molar-refractivity contribution in [3.63, 3.8) is 0 Å². The summed E-state index contributed by atoms with van der Waals surface area (Å²) in [6, 6.07) is 6.99. The molecule has 3 aliphatic rings. The zero-order valence-corrected chi connectivity index (χ0v) is 20.3. The van der Waals surface area contributed by atoms with Crippen LogP contribution < -0.4 is 20.4 Å². The number of nitrogens with one attached hydrogen (secondary N) is 2. The van der Waals surface area contributed by atoms with Crippen molar-refractivity contribution < 1.29 is 23.8 Å². The Balaban J connectivity index is 1.49. The van der Waals surface area contributed by atoms with Crippen LogP contribution in [0.4, 0.5) is 22.0 Å². The minimum Gasteiger partial charge on any atom is -0.377 e. The molecule has 2 fully saturated rings. The minimum absolute atomic E-state index is 0.0704. The van der Waals surface area contributed by atoms with Gasteiger partial charge in [-0.25, -0.2) is 14.8 Å². The fourth-order valence-electron chi connectivity index (χ4n) is 4.70. The Morgan fingerprint density at radius 3 is 2.69 bits per heavy atom. The lowest BCUT2D eigenvalue weighted by molar-refractivity contribution is -0.139. The Labute approximate surface area is 203 Å². The Morgan fingerprint density at radius 2 is 2.00 bits per heavy atom. The highest BCUT2D eigenvalue weighted by Crippen LogP contribution is 2.41. The molecular weight excluding hydrogens is 452 g/mol. The lowest BCUT2D eigenvalue weighted by Gasteiger charge is -2.50. The summed E-state index contributed by atoms with van der Waals surface area (Å²) in [5, 5.41) is 5.26. The van der Waals surface area contributed by atoms with Crippen LogP contribution in [0.5, 0.6) is 0 Å². The summed E-state index contributed by atoms with van der Waals surface area (Å²) >= 11 is 0. The van der Waals surface area contributed by atoms with Crippen LogP contribution in [0.1, 0.15) is 20.8 Å². The van der Waals surface area contributed by atoms with E-state index in [1.807, 2.05) is 37.8 Å². The van der Waals surface area contributed by atoms with Gasteiger partial charge in [-0.05, 0) is 45.0 Å². The molecule has 0 saturated carbocycles. The molecule has 0 aliphatic carbocycles. The van der Waals surface area contributed by atoms with Crippen molar-refractivity contribution in [3.8, 4) is 11.4 Å². The third kappa shape index (κ3) is 4.30. The van der Waals surface area contributed by atoms with Crippen molar-refractivity contribution in [1.82, 2.24) is 15.3 Å². The van der Waals surface area contributed by atoms with E-state index in [1.54, 1.807) is 30.3 Å². The van der Waals surface area contributed by atoms with Crippen molar-refractivity contribution in [3.05, 3.63) is 30.5 Å². The molecule has 1 aromatic carbocycles. The number of morpholine rings is 1. The average molecular weight is 483 g/mol. The Kier molecular flexibility index (Phi) is 5.86. The maximum atomic E-state index is 13.7. The zero-order valence-electron chi connectivity index (χ0n) is 20.3. The predicted molar refractivity (Wildman–Crippen MR) is 129 cm³/mol. The number of anilines is 3. The predicted octanol–water partition coefficient (Wildman–Crippen LogP) is 1.99. The molecule has 2 aromatic rings. The summed E-state index contributed by atoms with van der Waals surface area (Å²) in [5.74, 6) is 0.458. The fourth-order valence-corrected chi connectivity index (χ4v) is 4.70. The maximum absolute atomic E-state index is 13.7. The molecule has 0 bridgehead atoms. The second kappa shape index (κ2) is 8.74. The van der Waals surface area contributed by atoms with E-state index in [0.717, 1.165) is 5.56 Å². The van der Waals surface area contributed by atoms with Gasteiger partial charge in [0, 0.05) is 24.8 Å². The number of nitrogens with zero attached hydrogens (tertiary/aromatic N) is 4. The highest BCUT2D eigenvalue weighted by atomic mass is 16.7. The topological polar surface area (TPSA) is 118 Å².